The third-order valence-corrected chi connectivity index (χ3v) is 13.6. The van der Waals surface area contributed by atoms with Gasteiger partial charge in [-0.25, -0.2) is 17.6 Å². The number of fused-ring (bicyclic) bond motifs is 2. The van der Waals surface area contributed by atoms with Crippen LogP contribution in [0.4, 0.5) is 17.6 Å². The van der Waals surface area contributed by atoms with Gasteiger partial charge in [0.15, 0.2) is 22.9 Å². The summed E-state index contributed by atoms with van der Waals surface area (Å²) in [5.41, 5.74) is -1.79. The lowest BCUT2D eigenvalue weighted by Gasteiger charge is -2.46. The number of benzene rings is 3. The predicted molar refractivity (Wildman–Crippen MR) is 222 cm³/mol. The number of hydrogen-bond acceptors (Lipinski definition) is 8. The van der Waals surface area contributed by atoms with Crippen molar-refractivity contribution < 1.29 is 46.6 Å². The summed E-state index contributed by atoms with van der Waals surface area (Å²) in [7, 11) is 0. The molecule has 13 rings (SSSR count). The zero-order chi connectivity index (χ0) is 45.5. The molecule has 2 spiro atoms. The summed E-state index contributed by atoms with van der Waals surface area (Å²) < 4.78 is 63.0. The number of carbonyl (C=O) groups is 4. The fourth-order valence-corrected chi connectivity index (χ4v) is 10.6. The van der Waals surface area contributed by atoms with Crippen LogP contribution in [0, 0.1) is 35.1 Å². The molecule has 6 aliphatic heterocycles. The second-order valence-corrected chi connectivity index (χ2v) is 17.8. The van der Waals surface area contributed by atoms with E-state index in [2.05, 4.69) is 10.6 Å². The Morgan fingerprint density at radius 3 is 1.65 bits per heavy atom. The molecule has 18 heteroatoms. The Bertz CT molecular complexity index is 2980. The Morgan fingerprint density at radius 1 is 0.662 bits per heavy atom. The average Bonchev–Trinajstić information content (AvgIpc) is 4.03. The van der Waals surface area contributed by atoms with Gasteiger partial charge in [-0.1, -0.05) is 42.5 Å². The molecule has 0 unspecified atom stereocenters. The van der Waals surface area contributed by atoms with Crippen molar-refractivity contribution in [3.05, 3.63) is 162 Å². The first-order chi connectivity index (χ1) is 31.1. The minimum absolute atomic E-state index is 0.0516. The third-order valence-electron chi connectivity index (χ3n) is 13.6. The van der Waals surface area contributed by atoms with Crippen LogP contribution in [0.1, 0.15) is 84.1 Å². The Hall–Kier alpha value is -7.24. The lowest BCUT2D eigenvalue weighted by Crippen LogP contribution is -2.56. The smallest absolute Gasteiger partial charge is 0.275 e. The van der Waals surface area contributed by atoms with E-state index in [9.17, 15) is 51.4 Å². The molecule has 14 nitrogen and oxygen atoms in total. The maximum Gasteiger partial charge on any atom is 0.275 e. The molecule has 4 saturated heterocycles. The number of halogens is 4. The Balaban J connectivity index is 0.000000157. The molecule has 0 atom stereocenters. The van der Waals surface area contributed by atoms with Gasteiger partial charge < -0.3 is 39.4 Å². The van der Waals surface area contributed by atoms with Crippen molar-refractivity contribution in [2.75, 3.05) is 13.1 Å². The van der Waals surface area contributed by atoms with Crippen LogP contribution >= 0.6 is 0 Å². The Labute approximate surface area is 367 Å². The van der Waals surface area contributed by atoms with Crippen LogP contribution in [0.15, 0.2) is 88.7 Å². The maximum absolute atomic E-state index is 14.0. The van der Waals surface area contributed by atoms with E-state index in [-0.39, 0.29) is 76.1 Å². The van der Waals surface area contributed by atoms with Crippen molar-refractivity contribution in [2.45, 2.75) is 69.5 Å². The molecule has 334 valence electrons. The predicted octanol–water partition coefficient (Wildman–Crippen LogP) is 4.63. The van der Waals surface area contributed by atoms with E-state index in [1.165, 1.54) is 29.1 Å². The summed E-state index contributed by atoms with van der Waals surface area (Å²) in [6.45, 7) is 1.73. The maximum atomic E-state index is 14.0. The molecule has 5 aromatic rings. The van der Waals surface area contributed by atoms with Crippen LogP contribution in [-0.4, -0.2) is 71.8 Å². The van der Waals surface area contributed by atoms with E-state index in [0.717, 1.165) is 49.4 Å². The van der Waals surface area contributed by atoms with Crippen LogP contribution in [0.5, 0.6) is 11.5 Å². The van der Waals surface area contributed by atoms with Crippen LogP contribution in [0.2, 0.25) is 0 Å². The topological polar surface area (TPSA) is 172 Å². The van der Waals surface area contributed by atoms with E-state index in [1.54, 1.807) is 9.47 Å². The van der Waals surface area contributed by atoms with Crippen LogP contribution in [-0.2, 0) is 32.8 Å². The lowest BCUT2D eigenvalue weighted by atomic mass is 9.72. The molecule has 2 aromatic heterocycles. The van der Waals surface area contributed by atoms with Crippen molar-refractivity contribution in [1.29, 1.82) is 0 Å². The van der Waals surface area contributed by atoms with Crippen molar-refractivity contribution in [1.82, 2.24) is 29.6 Å². The van der Waals surface area contributed by atoms with Gasteiger partial charge in [0.2, 0.25) is 10.9 Å². The summed E-state index contributed by atoms with van der Waals surface area (Å²) in [5.74, 6) is -5.29. The Kier molecular flexibility index (Phi) is 9.95. The number of nitrogens with zero attached hydrogens (tertiary/aromatic N) is 4. The zero-order valence-corrected chi connectivity index (χ0v) is 34.5. The number of nitrogens with one attached hydrogen (secondary N) is 2. The minimum atomic E-state index is -0.954. The van der Waals surface area contributed by atoms with Gasteiger partial charge in [0, 0.05) is 74.9 Å². The van der Waals surface area contributed by atoms with Crippen LogP contribution < -0.4 is 26.2 Å². The second kappa shape index (κ2) is 15.5. The van der Waals surface area contributed by atoms with Crippen LogP contribution in [0.3, 0.4) is 0 Å². The highest BCUT2D eigenvalue weighted by atomic mass is 19.1. The van der Waals surface area contributed by atoms with Crippen molar-refractivity contribution in [3.63, 3.8) is 0 Å². The number of aromatic hydroxyl groups is 1. The first-order valence-corrected chi connectivity index (χ1v) is 21.1. The summed E-state index contributed by atoms with van der Waals surface area (Å²) in [6.07, 6.45) is 6.22. The molecule has 4 amide bonds. The van der Waals surface area contributed by atoms with E-state index < -0.39 is 57.6 Å². The number of carbonyl (C=O) groups excluding carboxylic acids is 4. The summed E-state index contributed by atoms with van der Waals surface area (Å²) >= 11 is 0. The van der Waals surface area contributed by atoms with Gasteiger partial charge >= 0.3 is 0 Å². The van der Waals surface area contributed by atoms with Gasteiger partial charge in [0.05, 0.1) is 11.1 Å². The molecular weight excluding hydrogens is 853 g/mol. The molecule has 0 radical (unpaired) electrons. The number of pyridine rings is 2. The fraction of sp³-hybridized carbons (Fsp3) is 0.319. The SMILES string of the molecule is O=C(NCc1ccc(F)cc1F)c1cn2c(c(O)c1=O)C(=O)N1CC3CC1(C3)C2.O=C(NCc1ccc(F)cc1F)c1cn2c(c(OCc3ccccc3)c1=O)C(=O)N1CC3CC1(C3)C2. The third kappa shape index (κ3) is 7.02. The zero-order valence-electron chi connectivity index (χ0n) is 34.5. The van der Waals surface area contributed by atoms with Crippen molar-refractivity contribution in [2.24, 2.45) is 11.8 Å². The summed E-state index contributed by atoms with van der Waals surface area (Å²) in [5, 5.41) is 15.3. The molecule has 8 heterocycles. The highest BCUT2D eigenvalue weighted by Gasteiger charge is 2.62. The molecule has 3 aromatic carbocycles. The molecule has 4 bridgehead atoms. The molecule has 8 aliphatic rings. The quantitative estimate of drug-likeness (QED) is 0.180. The van der Waals surface area contributed by atoms with E-state index in [0.29, 0.717) is 44.1 Å². The van der Waals surface area contributed by atoms with Gasteiger partial charge in [-0.2, -0.15) is 0 Å². The lowest BCUT2D eigenvalue weighted by molar-refractivity contribution is 0.0380. The first kappa shape index (κ1) is 41.8. The molecule has 3 N–H and O–H groups in total. The molecule has 2 saturated carbocycles. The Morgan fingerprint density at radius 2 is 1.14 bits per heavy atom. The molecule has 6 fully saturated rings. The highest BCUT2D eigenvalue weighted by molar-refractivity contribution is 6.01. The molecular formula is C47H40F4N6O8. The molecule has 2 aliphatic carbocycles. The van der Waals surface area contributed by atoms with Gasteiger partial charge in [-0.05, 0) is 55.2 Å². The number of ether oxygens (including phenoxy) is 1. The molecule has 65 heavy (non-hydrogen) atoms. The average molecular weight is 893 g/mol. The van der Waals surface area contributed by atoms with Crippen molar-refractivity contribution in [3.8, 4) is 11.5 Å². The highest BCUT2D eigenvalue weighted by Crippen LogP contribution is 2.55. The number of hydrogen-bond donors (Lipinski definition) is 3. The van der Waals surface area contributed by atoms with E-state index in [4.69, 9.17) is 4.74 Å². The normalized spacial score (nSPS) is 22.6. The summed E-state index contributed by atoms with van der Waals surface area (Å²) in [6, 6.07) is 15.2. The number of amides is 4. The first-order valence-electron chi connectivity index (χ1n) is 21.1. The van der Waals surface area contributed by atoms with Gasteiger partial charge in [0.1, 0.15) is 41.0 Å². The van der Waals surface area contributed by atoms with Gasteiger partial charge in [0.25, 0.3) is 23.6 Å². The fourth-order valence-electron chi connectivity index (χ4n) is 10.6. The largest absolute Gasteiger partial charge is 0.503 e. The standard InChI is InChI=1S/C27H23F2N3O4.C20H17F2N3O4/c28-19-7-6-18(21(29)8-19)11-30-25(34)20-13-31-15-27-9-17(10-27)12-32(27)26(35)22(31)24(23(20)33)36-14-16-4-2-1-3-5-16;21-12-2-1-11(14(22)3-12)6-23-18(28)13-8-24-9-20-4-10(5-20)7-25(20)19(29)15(24)17(27)16(13)26/h1-8,13,17H,9-12,14-15H2,(H,30,34);1-3,8,10,27H,4-7,9H2,(H,23,28). The van der Waals surface area contributed by atoms with Gasteiger partial charge in [-0.15, -0.1) is 0 Å². The number of rotatable bonds is 9. The number of aromatic nitrogens is 2. The van der Waals surface area contributed by atoms with Gasteiger partial charge in [-0.3, -0.25) is 28.8 Å². The monoisotopic (exact) mass is 892 g/mol. The van der Waals surface area contributed by atoms with E-state index >= 15 is 0 Å². The minimum Gasteiger partial charge on any atom is -0.503 e. The van der Waals surface area contributed by atoms with Crippen molar-refractivity contribution >= 4 is 23.6 Å². The van der Waals surface area contributed by atoms with E-state index in [1.807, 2.05) is 35.2 Å². The second-order valence-electron chi connectivity index (χ2n) is 17.8. The van der Waals surface area contributed by atoms with Crippen LogP contribution in [0.25, 0.3) is 0 Å². The summed E-state index contributed by atoms with van der Waals surface area (Å²) in [4.78, 5) is 81.4.